The molecule has 4 heteroatoms. The molecule has 0 unspecified atom stereocenters. The first-order valence-corrected chi connectivity index (χ1v) is 5.98. The fourth-order valence-corrected chi connectivity index (χ4v) is 2.52. The summed E-state index contributed by atoms with van der Waals surface area (Å²) < 4.78 is 7.81. The first kappa shape index (κ1) is 10.6. The molecule has 0 amide bonds. The molecule has 0 bridgehead atoms. The molecule has 1 aromatic heterocycles. The first-order valence-electron chi connectivity index (χ1n) is 5.98. The van der Waals surface area contributed by atoms with Gasteiger partial charge >= 0.3 is 0 Å². The summed E-state index contributed by atoms with van der Waals surface area (Å²) >= 11 is 0. The van der Waals surface area contributed by atoms with Crippen molar-refractivity contribution in [2.24, 2.45) is 0 Å². The fraction of sp³-hybridized carbons (Fsp3) is 0.462. The van der Waals surface area contributed by atoms with Gasteiger partial charge in [-0.1, -0.05) is 0 Å². The third kappa shape index (κ3) is 1.69. The van der Waals surface area contributed by atoms with E-state index < -0.39 is 0 Å². The Bertz CT molecular complexity index is 537. The van der Waals surface area contributed by atoms with Crippen LogP contribution >= 0.6 is 0 Å². The van der Waals surface area contributed by atoms with Crippen molar-refractivity contribution in [1.82, 2.24) is 9.55 Å². The van der Waals surface area contributed by atoms with Gasteiger partial charge in [-0.2, -0.15) is 0 Å². The number of nitrogens with two attached hydrogens (primary N) is 1. The van der Waals surface area contributed by atoms with E-state index in [-0.39, 0.29) is 5.60 Å². The van der Waals surface area contributed by atoms with E-state index in [4.69, 9.17) is 10.5 Å². The second kappa shape index (κ2) is 3.74. The van der Waals surface area contributed by atoms with Gasteiger partial charge < -0.3 is 15.0 Å². The number of imidazole rings is 1. The van der Waals surface area contributed by atoms with E-state index in [9.17, 15) is 0 Å². The molecule has 2 aromatic rings. The van der Waals surface area contributed by atoms with Gasteiger partial charge in [0.2, 0.25) is 0 Å². The molecule has 0 radical (unpaired) electrons. The monoisotopic (exact) mass is 231 g/mol. The molecule has 1 aliphatic rings. The molecule has 0 aliphatic heterocycles. The number of nitrogens with zero attached hydrogens (tertiary/aromatic N) is 2. The number of hydrogen-bond donors (Lipinski definition) is 1. The number of nitrogen functional groups attached to an aromatic ring is 1. The van der Waals surface area contributed by atoms with Gasteiger partial charge in [-0.3, -0.25) is 0 Å². The second-order valence-corrected chi connectivity index (χ2v) is 4.86. The molecule has 1 fully saturated rings. The SMILES string of the molecule is COC1(Cn2cnc3cc(N)ccc32)CCC1. The number of rotatable bonds is 3. The summed E-state index contributed by atoms with van der Waals surface area (Å²) in [4.78, 5) is 4.38. The number of anilines is 1. The largest absolute Gasteiger partial charge is 0.399 e. The van der Waals surface area contributed by atoms with E-state index in [0.717, 1.165) is 36.1 Å². The minimum Gasteiger partial charge on any atom is -0.399 e. The zero-order valence-corrected chi connectivity index (χ0v) is 10.0. The van der Waals surface area contributed by atoms with Crippen LogP contribution in [0.2, 0.25) is 0 Å². The van der Waals surface area contributed by atoms with Crippen molar-refractivity contribution in [3.8, 4) is 0 Å². The zero-order chi connectivity index (χ0) is 11.9. The van der Waals surface area contributed by atoms with Crippen LogP contribution in [0.25, 0.3) is 11.0 Å². The molecular weight excluding hydrogens is 214 g/mol. The number of fused-ring (bicyclic) bond motifs is 1. The summed E-state index contributed by atoms with van der Waals surface area (Å²) in [6.07, 6.45) is 5.41. The lowest BCUT2D eigenvalue weighted by atomic mass is 9.80. The van der Waals surface area contributed by atoms with E-state index in [1.165, 1.54) is 6.42 Å². The Labute approximate surface area is 100 Å². The first-order chi connectivity index (χ1) is 8.22. The normalized spacial score (nSPS) is 18.2. The minimum atomic E-state index is 0.0228. The maximum Gasteiger partial charge on any atom is 0.0959 e. The molecule has 0 spiro atoms. The lowest BCUT2D eigenvalue weighted by Gasteiger charge is -2.40. The number of benzene rings is 1. The average Bonchev–Trinajstić information content (AvgIpc) is 2.66. The average molecular weight is 231 g/mol. The molecule has 90 valence electrons. The van der Waals surface area contributed by atoms with E-state index in [0.29, 0.717) is 0 Å². The number of hydrogen-bond acceptors (Lipinski definition) is 3. The quantitative estimate of drug-likeness (QED) is 0.824. The highest BCUT2D eigenvalue weighted by atomic mass is 16.5. The lowest BCUT2D eigenvalue weighted by Crippen LogP contribution is -2.43. The standard InChI is InChI=1S/C13H17N3O/c1-17-13(5-2-6-13)8-16-9-15-11-7-10(14)3-4-12(11)16/h3-4,7,9H,2,5-6,8,14H2,1H3. The van der Waals surface area contributed by atoms with Crippen LogP contribution in [0, 0.1) is 0 Å². The van der Waals surface area contributed by atoms with Crippen LogP contribution in [0.1, 0.15) is 19.3 Å². The smallest absolute Gasteiger partial charge is 0.0959 e. The minimum absolute atomic E-state index is 0.0228. The number of methoxy groups -OCH3 is 1. The maximum absolute atomic E-state index is 5.75. The predicted molar refractivity (Wildman–Crippen MR) is 67.7 cm³/mol. The van der Waals surface area contributed by atoms with E-state index in [2.05, 4.69) is 9.55 Å². The number of ether oxygens (including phenoxy) is 1. The third-order valence-corrected chi connectivity index (χ3v) is 3.80. The van der Waals surface area contributed by atoms with Crippen molar-refractivity contribution >= 4 is 16.7 Å². The molecule has 17 heavy (non-hydrogen) atoms. The van der Waals surface area contributed by atoms with E-state index >= 15 is 0 Å². The Morgan fingerprint density at radius 2 is 2.29 bits per heavy atom. The van der Waals surface area contributed by atoms with Crippen LogP contribution in [-0.4, -0.2) is 22.3 Å². The van der Waals surface area contributed by atoms with Crippen LogP contribution in [0.4, 0.5) is 5.69 Å². The Morgan fingerprint density at radius 1 is 1.47 bits per heavy atom. The van der Waals surface area contributed by atoms with Gasteiger partial charge in [-0.15, -0.1) is 0 Å². The van der Waals surface area contributed by atoms with Crippen molar-refractivity contribution in [1.29, 1.82) is 0 Å². The van der Waals surface area contributed by atoms with Crippen molar-refractivity contribution in [2.75, 3.05) is 12.8 Å². The predicted octanol–water partition coefficient (Wildman–Crippen LogP) is 2.19. The molecule has 4 nitrogen and oxygen atoms in total. The van der Waals surface area contributed by atoms with Gasteiger partial charge in [0.1, 0.15) is 0 Å². The lowest BCUT2D eigenvalue weighted by molar-refractivity contribution is -0.0828. The van der Waals surface area contributed by atoms with E-state index in [1.54, 1.807) is 7.11 Å². The van der Waals surface area contributed by atoms with Crippen LogP contribution in [0.5, 0.6) is 0 Å². The van der Waals surface area contributed by atoms with Crippen molar-refractivity contribution in [3.63, 3.8) is 0 Å². The topological polar surface area (TPSA) is 53.1 Å². The Hall–Kier alpha value is -1.55. The number of aromatic nitrogens is 2. The molecule has 1 aliphatic carbocycles. The van der Waals surface area contributed by atoms with Gasteiger partial charge in [-0.05, 0) is 37.5 Å². The van der Waals surface area contributed by atoms with Gasteiger partial charge in [0.15, 0.2) is 0 Å². The highest BCUT2D eigenvalue weighted by Gasteiger charge is 2.37. The second-order valence-electron chi connectivity index (χ2n) is 4.86. The molecule has 0 atom stereocenters. The molecule has 1 heterocycles. The van der Waals surface area contributed by atoms with Crippen molar-refractivity contribution < 1.29 is 4.74 Å². The van der Waals surface area contributed by atoms with Crippen LogP contribution in [0.15, 0.2) is 24.5 Å². The van der Waals surface area contributed by atoms with Gasteiger partial charge in [0, 0.05) is 12.8 Å². The van der Waals surface area contributed by atoms with Gasteiger partial charge in [-0.25, -0.2) is 4.98 Å². The maximum atomic E-state index is 5.75. The highest BCUT2D eigenvalue weighted by Crippen LogP contribution is 2.37. The Balaban J connectivity index is 1.95. The van der Waals surface area contributed by atoms with Crippen molar-refractivity contribution in [3.05, 3.63) is 24.5 Å². The Kier molecular flexibility index (Phi) is 2.33. The van der Waals surface area contributed by atoms with Gasteiger partial charge in [0.05, 0.1) is 29.5 Å². The highest BCUT2D eigenvalue weighted by molar-refractivity contribution is 5.78. The molecule has 2 N–H and O–H groups in total. The van der Waals surface area contributed by atoms with Crippen LogP contribution in [-0.2, 0) is 11.3 Å². The van der Waals surface area contributed by atoms with E-state index in [1.807, 2.05) is 24.5 Å². The molecule has 1 saturated carbocycles. The molecular formula is C13H17N3O. The van der Waals surface area contributed by atoms with Gasteiger partial charge in [0.25, 0.3) is 0 Å². The van der Waals surface area contributed by atoms with Crippen LogP contribution < -0.4 is 5.73 Å². The Morgan fingerprint density at radius 3 is 2.94 bits per heavy atom. The summed E-state index contributed by atoms with van der Waals surface area (Å²) in [7, 11) is 1.80. The molecule has 1 aromatic carbocycles. The zero-order valence-electron chi connectivity index (χ0n) is 10.0. The summed E-state index contributed by atoms with van der Waals surface area (Å²) in [6, 6.07) is 5.85. The fourth-order valence-electron chi connectivity index (χ4n) is 2.52. The molecule has 0 saturated heterocycles. The third-order valence-electron chi connectivity index (χ3n) is 3.80. The summed E-state index contributed by atoms with van der Waals surface area (Å²) in [5.74, 6) is 0. The van der Waals surface area contributed by atoms with Crippen molar-refractivity contribution in [2.45, 2.75) is 31.4 Å². The summed E-state index contributed by atoms with van der Waals surface area (Å²) in [6.45, 7) is 0.879. The summed E-state index contributed by atoms with van der Waals surface area (Å²) in [5, 5.41) is 0. The summed E-state index contributed by atoms with van der Waals surface area (Å²) in [5.41, 5.74) is 8.61. The van der Waals surface area contributed by atoms with Crippen LogP contribution in [0.3, 0.4) is 0 Å². The molecule has 3 rings (SSSR count).